The topological polar surface area (TPSA) is 60.9 Å². The van der Waals surface area contributed by atoms with Crippen LogP contribution in [-0.4, -0.2) is 21.2 Å². The maximum Gasteiger partial charge on any atom is 0.446 e. The number of nitrogens with zero attached hydrogens (tertiary/aromatic N) is 2. The van der Waals surface area contributed by atoms with Crippen LogP contribution in [0.2, 0.25) is 0 Å². The van der Waals surface area contributed by atoms with Crippen LogP contribution in [0.1, 0.15) is 16.1 Å². The van der Waals surface area contributed by atoms with E-state index in [0.29, 0.717) is 5.56 Å². The molecular formula is C19H13F6N3OS. The summed E-state index contributed by atoms with van der Waals surface area (Å²) < 4.78 is 80.6. The monoisotopic (exact) mass is 445 g/mol. The number of nitrogens with two attached hydrogens (primary N) is 1. The van der Waals surface area contributed by atoms with Crippen molar-refractivity contribution < 1.29 is 31.1 Å². The van der Waals surface area contributed by atoms with Gasteiger partial charge in [0.15, 0.2) is 5.69 Å². The molecule has 0 fully saturated rings. The molecular weight excluding hydrogens is 432 g/mol. The van der Waals surface area contributed by atoms with Gasteiger partial charge in [-0.3, -0.25) is 9.48 Å². The number of alkyl halides is 6. The number of halogens is 6. The zero-order valence-corrected chi connectivity index (χ0v) is 16.0. The normalized spacial score (nSPS) is 12.2. The Labute approximate surface area is 170 Å². The lowest BCUT2D eigenvalue weighted by molar-refractivity contribution is -0.141. The second-order valence-electron chi connectivity index (χ2n) is 6.15. The Morgan fingerprint density at radius 3 is 2.17 bits per heavy atom. The number of carbonyl (C=O) groups is 1. The molecule has 30 heavy (non-hydrogen) atoms. The molecule has 0 saturated carbocycles. The molecule has 0 aliphatic carbocycles. The van der Waals surface area contributed by atoms with E-state index < -0.39 is 46.3 Å². The van der Waals surface area contributed by atoms with Crippen molar-refractivity contribution in [2.24, 2.45) is 12.8 Å². The van der Waals surface area contributed by atoms with Crippen LogP contribution in [-0.2, 0) is 13.2 Å². The van der Waals surface area contributed by atoms with Gasteiger partial charge in [0.05, 0.1) is 11.3 Å². The van der Waals surface area contributed by atoms with Crippen molar-refractivity contribution in [1.29, 1.82) is 0 Å². The molecule has 0 spiro atoms. The lowest BCUT2D eigenvalue weighted by Gasteiger charge is -2.17. The molecule has 0 bridgehead atoms. The predicted octanol–water partition coefficient (Wildman–Crippen LogP) is 5.48. The van der Waals surface area contributed by atoms with Gasteiger partial charge in [0.2, 0.25) is 0 Å². The highest BCUT2D eigenvalue weighted by molar-refractivity contribution is 8.00. The number of aryl methyl sites for hydroxylation is 1. The first-order chi connectivity index (χ1) is 13.9. The van der Waals surface area contributed by atoms with Crippen LogP contribution in [0.4, 0.5) is 26.3 Å². The lowest BCUT2D eigenvalue weighted by Crippen LogP contribution is -2.18. The highest BCUT2D eigenvalue weighted by Crippen LogP contribution is 2.47. The largest absolute Gasteiger partial charge is 0.446 e. The van der Waals surface area contributed by atoms with Crippen molar-refractivity contribution >= 4 is 17.7 Å². The van der Waals surface area contributed by atoms with Gasteiger partial charge in [-0.25, -0.2) is 0 Å². The fraction of sp³-hybridized carbons (Fsp3) is 0.158. The molecule has 1 aromatic heterocycles. The van der Waals surface area contributed by atoms with E-state index in [1.54, 1.807) is 30.3 Å². The first kappa shape index (κ1) is 21.8. The number of hydrogen-bond acceptors (Lipinski definition) is 3. The number of rotatable bonds is 4. The summed E-state index contributed by atoms with van der Waals surface area (Å²) in [7, 11) is 1.11. The first-order valence-corrected chi connectivity index (χ1v) is 9.10. The smallest absolute Gasteiger partial charge is 0.365 e. The zero-order chi connectivity index (χ0) is 22.3. The van der Waals surface area contributed by atoms with Crippen molar-refractivity contribution in [3.8, 4) is 22.4 Å². The Hall–Kier alpha value is -2.95. The summed E-state index contributed by atoms with van der Waals surface area (Å²) in [6, 6.07) is 12.0. The molecule has 0 aliphatic rings. The summed E-state index contributed by atoms with van der Waals surface area (Å²) in [5.74, 6) is -1.45. The Kier molecular flexibility index (Phi) is 5.59. The third-order valence-electron chi connectivity index (χ3n) is 4.14. The number of benzene rings is 2. The van der Waals surface area contributed by atoms with Crippen molar-refractivity contribution in [1.82, 2.24) is 9.78 Å². The molecule has 3 rings (SSSR count). The van der Waals surface area contributed by atoms with Gasteiger partial charge in [-0.15, -0.1) is 0 Å². The maximum absolute atomic E-state index is 13.4. The minimum absolute atomic E-state index is 0.198. The van der Waals surface area contributed by atoms with E-state index in [1.165, 1.54) is 12.1 Å². The van der Waals surface area contributed by atoms with Crippen molar-refractivity contribution in [2.45, 2.75) is 16.6 Å². The average molecular weight is 445 g/mol. The molecule has 0 atom stereocenters. The fourth-order valence-corrected chi connectivity index (χ4v) is 3.79. The van der Waals surface area contributed by atoms with Crippen LogP contribution in [0.15, 0.2) is 53.4 Å². The summed E-state index contributed by atoms with van der Waals surface area (Å²) in [5.41, 5.74) is -2.07. The number of aromatic nitrogens is 2. The number of carbonyl (C=O) groups excluding carboxylic acids is 1. The molecule has 0 saturated heterocycles. The molecule has 0 aliphatic heterocycles. The van der Waals surface area contributed by atoms with Crippen LogP contribution in [0.25, 0.3) is 22.4 Å². The van der Waals surface area contributed by atoms with Crippen molar-refractivity contribution in [3.63, 3.8) is 0 Å². The molecule has 2 N–H and O–H groups in total. The van der Waals surface area contributed by atoms with E-state index >= 15 is 0 Å². The molecule has 11 heteroatoms. The molecule has 2 aromatic carbocycles. The number of thioether (sulfide) groups is 1. The van der Waals surface area contributed by atoms with Gasteiger partial charge in [-0.2, -0.15) is 31.4 Å². The van der Waals surface area contributed by atoms with Gasteiger partial charge in [0, 0.05) is 17.5 Å². The molecule has 1 amide bonds. The van der Waals surface area contributed by atoms with E-state index in [0.717, 1.165) is 17.8 Å². The van der Waals surface area contributed by atoms with Crippen LogP contribution < -0.4 is 5.73 Å². The second-order valence-corrected chi connectivity index (χ2v) is 7.26. The van der Waals surface area contributed by atoms with Crippen LogP contribution in [0, 0.1) is 0 Å². The Morgan fingerprint density at radius 1 is 1.00 bits per heavy atom. The molecule has 1 heterocycles. The van der Waals surface area contributed by atoms with Crippen molar-refractivity contribution in [2.75, 3.05) is 0 Å². The summed E-state index contributed by atoms with van der Waals surface area (Å²) in [4.78, 5) is 11.6. The average Bonchev–Trinajstić information content (AvgIpc) is 2.98. The summed E-state index contributed by atoms with van der Waals surface area (Å²) in [6.07, 6.45) is -5.03. The summed E-state index contributed by atoms with van der Waals surface area (Å²) in [6.45, 7) is 0. The highest BCUT2D eigenvalue weighted by Gasteiger charge is 2.42. The maximum atomic E-state index is 13.4. The van der Waals surface area contributed by atoms with Gasteiger partial charge >= 0.3 is 11.7 Å². The lowest BCUT2D eigenvalue weighted by atomic mass is 9.94. The zero-order valence-electron chi connectivity index (χ0n) is 15.2. The van der Waals surface area contributed by atoms with E-state index in [1.807, 2.05) is 0 Å². The van der Waals surface area contributed by atoms with E-state index in [4.69, 9.17) is 5.73 Å². The molecule has 158 valence electrons. The first-order valence-electron chi connectivity index (χ1n) is 8.28. The van der Waals surface area contributed by atoms with Crippen LogP contribution in [0.5, 0.6) is 0 Å². The molecule has 4 nitrogen and oxygen atoms in total. The number of primary amides is 1. The fourth-order valence-electron chi connectivity index (χ4n) is 3.09. The van der Waals surface area contributed by atoms with Crippen LogP contribution >= 0.6 is 11.8 Å². The van der Waals surface area contributed by atoms with Gasteiger partial charge in [0.1, 0.15) is 0 Å². The van der Waals surface area contributed by atoms with E-state index in [-0.39, 0.29) is 16.0 Å². The molecule has 0 unspecified atom stereocenters. The third kappa shape index (κ3) is 4.30. The minimum atomic E-state index is -5.03. The second kappa shape index (κ2) is 7.71. The Morgan fingerprint density at radius 2 is 1.63 bits per heavy atom. The quantitative estimate of drug-likeness (QED) is 0.427. The third-order valence-corrected chi connectivity index (χ3v) is 4.93. The van der Waals surface area contributed by atoms with Crippen molar-refractivity contribution in [3.05, 3.63) is 59.8 Å². The van der Waals surface area contributed by atoms with E-state index in [9.17, 15) is 31.1 Å². The van der Waals surface area contributed by atoms with Gasteiger partial charge < -0.3 is 5.73 Å². The number of hydrogen-bond donors (Lipinski definition) is 1. The Balaban J connectivity index is 2.43. The van der Waals surface area contributed by atoms with Gasteiger partial charge in [-0.1, -0.05) is 42.5 Å². The van der Waals surface area contributed by atoms with Gasteiger partial charge in [-0.05, 0) is 29.0 Å². The highest BCUT2D eigenvalue weighted by atomic mass is 32.2. The van der Waals surface area contributed by atoms with E-state index in [2.05, 4.69) is 5.10 Å². The van der Waals surface area contributed by atoms with Gasteiger partial charge in [0.25, 0.3) is 5.91 Å². The summed E-state index contributed by atoms with van der Waals surface area (Å²) in [5, 5.41) is 3.35. The number of amides is 1. The summed E-state index contributed by atoms with van der Waals surface area (Å²) >= 11 is -0.498. The standard InChI is InChI=1S/C19H13F6N3OS/c1-28-15(14(17(26)29)16(27-28)18(20,21)22)13-11(10-6-3-2-4-7-10)8-5-9-12(13)30-19(23,24)25/h2-9H,1H3,(H2,26,29). The Bertz CT molecular complexity index is 1090. The van der Waals surface area contributed by atoms with Crippen LogP contribution in [0.3, 0.4) is 0 Å². The SMILES string of the molecule is Cn1nc(C(F)(F)F)c(C(N)=O)c1-c1c(SC(F)(F)F)cccc1-c1ccccc1. The molecule has 3 aromatic rings. The minimum Gasteiger partial charge on any atom is -0.365 e. The molecule has 0 radical (unpaired) electrons. The predicted molar refractivity (Wildman–Crippen MR) is 99.5 cm³/mol.